The van der Waals surface area contributed by atoms with Crippen molar-refractivity contribution in [3.63, 3.8) is 0 Å². The van der Waals surface area contributed by atoms with Crippen LogP contribution in [0.3, 0.4) is 0 Å². The second-order valence-corrected chi connectivity index (χ2v) is 5.59. The lowest BCUT2D eigenvalue weighted by Gasteiger charge is -2.35. The van der Waals surface area contributed by atoms with Gasteiger partial charge < -0.3 is 15.0 Å². The van der Waals surface area contributed by atoms with Gasteiger partial charge in [0, 0.05) is 31.1 Å². The normalized spacial score (nSPS) is 25.1. The van der Waals surface area contributed by atoms with E-state index < -0.39 is 0 Å². The summed E-state index contributed by atoms with van der Waals surface area (Å²) < 4.78 is 5.47. The summed E-state index contributed by atoms with van der Waals surface area (Å²) in [5.41, 5.74) is 2.46. The highest BCUT2D eigenvalue weighted by Crippen LogP contribution is 2.33. The molecular formula is C16H22N2O2. The topological polar surface area (TPSA) is 41.6 Å². The fraction of sp³-hybridized carbons (Fsp3) is 0.562. The van der Waals surface area contributed by atoms with Crippen LogP contribution in [0.25, 0.3) is 0 Å². The van der Waals surface area contributed by atoms with Crippen LogP contribution in [0.15, 0.2) is 24.3 Å². The molecule has 0 aromatic heterocycles. The van der Waals surface area contributed by atoms with Crippen LogP contribution in [0.5, 0.6) is 0 Å². The summed E-state index contributed by atoms with van der Waals surface area (Å²) >= 11 is 0. The first-order valence-electron chi connectivity index (χ1n) is 7.49. The molecule has 2 aliphatic rings. The number of rotatable bonds is 3. The molecule has 4 nitrogen and oxygen atoms in total. The monoisotopic (exact) mass is 274 g/mol. The first-order chi connectivity index (χ1) is 9.79. The Morgan fingerprint density at radius 3 is 3.15 bits per heavy atom. The van der Waals surface area contributed by atoms with Gasteiger partial charge in [0.2, 0.25) is 5.91 Å². The van der Waals surface area contributed by atoms with Crippen molar-refractivity contribution >= 4 is 11.6 Å². The Bertz CT molecular complexity index is 489. The van der Waals surface area contributed by atoms with Crippen molar-refractivity contribution in [3.8, 4) is 0 Å². The Kier molecular flexibility index (Phi) is 3.92. The number of fused-ring (bicyclic) bond motifs is 1. The number of hydrogen-bond donors (Lipinski definition) is 1. The zero-order valence-corrected chi connectivity index (χ0v) is 12.0. The van der Waals surface area contributed by atoms with Gasteiger partial charge in [-0.2, -0.15) is 0 Å². The molecule has 1 aromatic carbocycles. The number of nitrogens with zero attached hydrogens (tertiary/aromatic N) is 1. The van der Waals surface area contributed by atoms with Crippen molar-refractivity contribution in [2.45, 2.75) is 31.7 Å². The van der Waals surface area contributed by atoms with Crippen LogP contribution in [0, 0.1) is 0 Å². The highest BCUT2D eigenvalue weighted by Gasteiger charge is 2.30. The van der Waals surface area contributed by atoms with Gasteiger partial charge in [0.15, 0.2) is 0 Å². The second kappa shape index (κ2) is 5.83. The number of carbonyl (C=O) groups is 1. The molecule has 1 N–H and O–H groups in total. The molecule has 0 spiro atoms. The summed E-state index contributed by atoms with van der Waals surface area (Å²) in [4.78, 5) is 14.6. The van der Waals surface area contributed by atoms with Crippen LogP contribution < -0.4 is 5.32 Å². The van der Waals surface area contributed by atoms with Gasteiger partial charge in [0.05, 0.1) is 19.3 Å². The molecule has 0 saturated carbocycles. The predicted molar refractivity (Wildman–Crippen MR) is 78.9 cm³/mol. The lowest BCUT2D eigenvalue weighted by Crippen LogP contribution is -2.48. The Labute approximate surface area is 120 Å². The van der Waals surface area contributed by atoms with E-state index in [2.05, 4.69) is 24.4 Å². The third-order valence-corrected chi connectivity index (χ3v) is 4.38. The molecule has 2 atom stereocenters. The number of hydrogen-bond acceptors (Lipinski definition) is 3. The predicted octanol–water partition coefficient (Wildman–Crippen LogP) is 2.22. The Balaban J connectivity index is 1.67. The first kappa shape index (κ1) is 13.4. The molecule has 0 radical (unpaired) electrons. The van der Waals surface area contributed by atoms with Gasteiger partial charge >= 0.3 is 0 Å². The quantitative estimate of drug-likeness (QED) is 0.919. The molecular weight excluding hydrogens is 252 g/mol. The zero-order valence-electron chi connectivity index (χ0n) is 12.0. The number of ether oxygens (including phenoxy) is 1. The minimum atomic E-state index is 0.251. The number of amides is 1. The Hall–Kier alpha value is -1.55. The van der Waals surface area contributed by atoms with Crippen LogP contribution in [-0.2, 0) is 9.53 Å². The molecule has 1 fully saturated rings. The average molecular weight is 274 g/mol. The van der Waals surface area contributed by atoms with E-state index in [1.807, 2.05) is 17.0 Å². The van der Waals surface area contributed by atoms with Gasteiger partial charge in [-0.05, 0) is 18.1 Å². The Morgan fingerprint density at radius 1 is 1.45 bits per heavy atom. The summed E-state index contributed by atoms with van der Waals surface area (Å²) in [6.45, 7) is 5.07. The molecule has 2 aliphatic heterocycles. The van der Waals surface area contributed by atoms with Crippen molar-refractivity contribution in [2.24, 2.45) is 0 Å². The number of nitrogens with one attached hydrogen (secondary N) is 1. The number of benzene rings is 1. The van der Waals surface area contributed by atoms with Crippen molar-refractivity contribution < 1.29 is 9.53 Å². The van der Waals surface area contributed by atoms with E-state index in [0.29, 0.717) is 25.6 Å². The van der Waals surface area contributed by atoms with Crippen molar-refractivity contribution in [1.82, 2.24) is 4.90 Å². The highest BCUT2D eigenvalue weighted by molar-refractivity contribution is 5.78. The fourth-order valence-electron chi connectivity index (χ4n) is 3.19. The zero-order chi connectivity index (χ0) is 13.9. The minimum absolute atomic E-state index is 0.251. The van der Waals surface area contributed by atoms with E-state index in [4.69, 9.17) is 4.74 Å². The van der Waals surface area contributed by atoms with Crippen LogP contribution >= 0.6 is 0 Å². The molecule has 3 rings (SSSR count). The van der Waals surface area contributed by atoms with E-state index in [1.54, 1.807) is 0 Å². The first-order valence-corrected chi connectivity index (χ1v) is 7.49. The lowest BCUT2D eigenvalue weighted by atomic mass is 9.96. The van der Waals surface area contributed by atoms with Crippen LogP contribution in [0.2, 0.25) is 0 Å². The molecule has 0 bridgehead atoms. The van der Waals surface area contributed by atoms with Gasteiger partial charge in [-0.3, -0.25) is 4.79 Å². The summed E-state index contributed by atoms with van der Waals surface area (Å²) in [6.07, 6.45) is 1.56. The summed E-state index contributed by atoms with van der Waals surface area (Å²) in [5.74, 6) is 0.572. The Morgan fingerprint density at radius 2 is 2.30 bits per heavy atom. The lowest BCUT2D eigenvalue weighted by molar-refractivity contribution is -0.140. The van der Waals surface area contributed by atoms with Crippen molar-refractivity contribution in [3.05, 3.63) is 29.8 Å². The maximum absolute atomic E-state index is 12.6. The third kappa shape index (κ3) is 2.52. The van der Waals surface area contributed by atoms with Gasteiger partial charge in [0.1, 0.15) is 0 Å². The SMILES string of the molecule is CCC1COCCN1C(=O)CC1CNc2ccccc21. The van der Waals surface area contributed by atoms with Crippen LogP contribution in [-0.4, -0.2) is 43.2 Å². The van der Waals surface area contributed by atoms with Crippen molar-refractivity contribution in [1.29, 1.82) is 0 Å². The van der Waals surface area contributed by atoms with E-state index in [-0.39, 0.29) is 11.9 Å². The smallest absolute Gasteiger partial charge is 0.223 e. The number of morpholine rings is 1. The molecule has 1 amide bonds. The largest absolute Gasteiger partial charge is 0.384 e. The molecule has 2 unspecified atom stereocenters. The van der Waals surface area contributed by atoms with Gasteiger partial charge in [-0.15, -0.1) is 0 Å². The summed E-state index contributed by atoms with van der Waals surface area (Å²) in [7, 11) is 0. The molecule has 108 valence electrons. The number of carbonyl (C=O) groups excluding carboxylic acids is 1. The highest BCUT2D eigenvalue weighted by atomic mass is 16.5. The van der Waals surface area contributed by atoms with Crippen LogP contribution in [0.1, 0.15) is 31.2 Å². The van der Waals surface area contributed by atoms with E-state index in [0.717, 1.165) is 19.5 Å². The molecule has 20 heavy (non-hydrogen) atoms. The molecule has 1 saturated heterocycles. The molecule has 1 aromatic rings. The maximum Gasteiger partial charge on any atom is 0.223 e. The van der Waals surface area contributed by atoms with Gasteiger partial charge in [0.25, 0.3) is 0 Å². The van der Waals surface area contributed by atoms with E-state index in [9.17, 15) is 4.79 Å². The summed E-state index contributed by atoms with van der Waals surface area (Å²) in [6, 6.07) is 8.55. The standard InChI is InChI=1S/C16H22N2O2/c1-2-13-11-20-8-7-18(13)16(19)9-12-10-17-15-6-4-3-5-14(12)15/h3-6,12-13,17H,2,7-11H2,1H3. The van der Waals surface area contributed by atoms with Crippen molar-refractivity contribution in [2.75, 3.05) is 31.6 Å². The minimum Gasteiger partial charge on any atom is -0.384 e. The number of anilines is 1. The van der Waals surface area contributed by atoms with Gasteiger partial charge in [-0.1, -0.05) is 25.1 Å². The number of para-hydroxylation sites is 1. The average Bonchev–Trinajstić information content (AvgIpc) is 2.90. The fourth-order valence-corrected chi connectivity index (χ4v) is 3.19. The molecule has 0 aliphatic carbocycles. The van der Waals surface area contributed by atoms with E-state index in [1.165, 1.54) is 11.3 Å². The van der Waals surface area contributed by atoms with Gasteiger partial charge in [-0.25, -0.2) is 0 Å². The van der Waals surface area contributed by atoms with E-state index >= 15 is 0 Å². The maximum atomic E-state index is 12.6. The third-order valence-electron chi connectivity index (χ3n) is 4.38. The molecule has 2 heterocycles. The second-order valence-electron chi connectivity index (χ2n) is 5.59. The summed E-state index contributed by atoms with van der Waals surface area (Å²) in [5, 5.41) is 3.39. The van der Waals surface area contributed by atoms with Crippen LogP contribution in [0.4, 0.5) is 5.69 Å². The molecule has 4 heteroatoms.